The molecule has 0 saturated carbocycles. The van der Waals surface area contributed by atoms with Gasteiger partial charge in [-0.2, -0.15) is 0 Å². The Labute approximate surface area is 161 Å². The third kappa shape index (κ3) is 5.84. The van der Waals surface area contributed by atoms with Crippen LogP contribution >= 0.6 is 0 Å². The fourth-order valence-electron chi connectivity index (χ4n) is 2.66. The van der Waals surface area contributed by atoms with Gasteiger partial charge in [0.05, 0.1) is 0 Å². The summed E-state index contributed by atoms with van der Waals surface area (Å²) in [5.74, 6) is 0.858. The summed E-state index contributed by atoms with van der Waals surface area (Å²) in [5, 5.41) is 2.84. The molecule has 0 radical (unpaired) electrons. The van der Waals surface area contributed by atoms with Crippen LogP contribution in [0.1, 0.15) is 46.8 Å². The van der Waals surface area contributed by atoms with E-state index >= 15 is 0 Å². The monoisotopic (exact) mass is 368 g/mol. The van der Waals surface area contributed by atoms with E-state index in [1.807, 2.05) is 37.3 Å². The number of carbonyl (C=O) groups excluding carboxylic acids is 2. The van der Waals surface area contributed by atoms with Gasteiger partial charge in [-0.25, -0.2) is 0 Å². The number of hydrogen-bond acceptors (Lipinski definition) is 3. The zero-order valence-corrected chi connectivity index (χ0v) is 16.7. The summed E-state index contributed by atoms with van der Waals surface area (Å²) in [7, 11) is 3.44. The molecule has 0 atom stereocenters. The summed E-state index contributed by atoms with van der Waals surface area (Å²) in [4.78, 5) is 25.5. The first-order valence-electron chi connectivity index (χ1n) is 9.08. The van der Waals surface area contributed by atoms with Gasteiger partial charge in [0.2, 0.25) is 0 Å². The Morgan fingerprint density at radius 2 is 1.74 bits per heavy atom. The lowest BCUT2D eigenvalue weighted by Crippen LogP contribution is -2.28. The number of hydrogen-bond donors (Lipinski definition) is 1. The minimum absolute atomic E-state index is 0.0274. The molecule has 2 rings (SSSR count). The maximum Gasteiger partial charge on any atom is 0.258 e. The van der Waals surface area contributed by atoms with E-state index in [4.69, 9.17) is 4.74 Å². The number of nitrogens with one attached hydrogen (secondary N) is 1. The molecule has 0 fully saturated rings. The van der Waals surface area contributed by atoms with Crippen molar-refractivity contribution in [1.82, 2.24) is 10.2 Å². The predicted molar refractivity (Wildman–Crippen MR) is 107 cm³/mol. The zero-order chi connectivity index (χ0) is 20.0. The van der Waals surface area contributed by atoms with E-state index in [1.54, 1.807) is 26.2 Å². The highest BCUT2D eigenvalue weighted by atomic mass is 16.5. The first kappa shape index (κ1) is 20.5. The van der Waals surface area contributed by atoms with E-state index in [-0.39, 0.29) is 18.4 Å². The van der Waals surface area contributed by atoms with Crippen LogP contribution in [0.15, 0.2) is 42.5 Å². The highest BCUT2D eigenvalue weighted by Crippen LogP contribution is 2.27. The fraction of sp³-hybridized carbons (Fsp3) is 0.364. The first-order valence-corrected chi connectivity index (χ1v) is 9.08. The molecule has 0 spiro atoms. The summed E-state index contributed by atoms with van der Waals surface area (Å²) in [6.07, 6.45) is 0. The topological polar surface area (TPSA) is 58.6 Å². The lowest BCUT2D eigenvalue weighted by Gasteiger charge is -2.15. The fourth-order valence-corrected chi connectivity index (χ4v) is 2.66. The van der Waals surface area contributed by atoms with Crippen LogP contribution in [0.25, 0.3) is 0 Å². The second kappa shape index (κ2) is 9.21. The molecule has 0 aromatic heterocycles. The first-order chi connectivity index (χ1) is 12.8. The van der Waals surface area contributed by atoms with E-state index in [0.717, 1.165) is 22.4 Å². The van der Waals surface area contributed by atoms with E-state index in [9.17, 15) is 9.59 Å². The molecule has 0 unspecified atom stereocenters. The molecular weight excluding hydrogens is 340 g/mol. The van der Waals surface area contributed by atoms with Gasteiger partial charge in [0.1, 0.15) is 5.75 Å². The number of aryl methyl sites for hydroxylation is 1. The Hall–Kier alpha value is -2.82. The van der Waals surface area contributed by atoms with Crippen molar-refractivity contribution in [2.75, 3.05) is 20.7 Å². The Morgan fingerprint density at radius 3 is 2.33 bits per heavy atom. The van der Waals surface area contributed by atoms with Crippen LogP contribution in [0.5, 0.6) is 5.75 Å². The summed E-state index contributed by atoms with van der Waals surface area (Å²) in [6, 6.07) is 13.3. The third-order valence-electron chi connectivity index (χ3n) is 4.25. The van der Waals surface area contributed by atoms with E-state index in [2.05, 4.69) is 19.2 Å². The van der Waals surface area contributed by atoms with Crippen LogP contribution in [-0.2, 0) is 11.3 Å². The smallest absolute Gasteiger partial charge is 0.258 e. The Balaban J connectivity index is 1.88. The summed E-state index contributed by atoms with van der Waals surface area (Å²) < 4.78 is 5.74. The molecule has 5 heteroatoms. The molecule has 2 aromatic rings. The number of nitrogens with zero attached hydrogens (tertiary/aromatic N) is 1. The van der Waals surface area contributed by atoms with Crippen molar-refractivity contribution in [1.29, 1.82) is 0 Å². The predicted octanol–water partition coefficient (Wildman–Crippen LogP) is 3.52. The number of carbonyl (C=O) groups is 2. The summed E-state index contributed by atoms with van der Waals surface area (Å²) in [6.45, 7) is 6.57. The molecule has 0 aliphatic rings. The molecule has 0 heterocycles. The lowest BCUT2D eigenvalue weighted by molar-refractivity contribution is -0.123. The van der Waals surface area contributed by atoms with Gasteiger partial charge in [-0.1, -0.05) is 38.1 Å². The van der Waals surface area contributed by atoms with E-state index < -0.39 is 0 Å². The van der Waals surface area contributed by atoms with Crippen molar-refractivity contribution in [3.63, 3.8) is 0 Å². The normalized spacial score (nSPS) is 10.6. The van der Waals surface area contributed by atoms with Gasteiger partial charge < -0.3 is 15.0 Å². The number of amides is 2. The number of benzene rings is 2. The molecule has 2 amide bonds. The number of rotatable bonds is 7. The molecule has 0 aliphatic carbocycles. The second-order valence-electron chi connectivity index (χ2n) is 7.16. The molecule has 27 heavy (non-hydrogen) atoms. The summed E-state index contributed by atoms with van der Waals surface area (Å²) >= 11 is 0. The maximum absolute atomic E-state index is 12.1. The minimum Gasteiger partial charge on any atom is -0.483 e. The van der Waals surface area contributed by atoms with Gasteiger partial charge in [0, 0.05) is 26.2 Å². The average molecular weight is 368 g/mol. The molecule has 0 bridgehead atoms. The van der Waals surface area contributed by atoms with Crippen molar-refractivity contribution in [3.8, 4) is 5.75 Å². The zero-order valence-electron chi connectivity index (χ0n) is 16.7. The van der Waals surface area contributed by atoms with Crippen LogP contribution in [0.4, 0.5) is 0 Å². The van der Waals surface area contributed by atoms with E-state index in [0.29, 0.717) is 18.0 Å². The maximum atomic E-state index is 12.1. The van der Waals surface area contributed by atoms with Gasteiger partial charge in [-0.15, -0.1) is 0 Å². The van der Waals surface area contributed by atoms with Crippen molar-refractivity contribution in [2.45, 2.75) is 33.2 Å². The van der Waals surface area contributed by atoms with Crippen molar-refractivity contribution < 1.29 is 14.3 Å². The molecule has 0 saturated heterocycles. The van der Waals surface area contributed by atoms with Gasteiger partial charge in [0.15, 0.2) is 6.61 Å². The molecular formula is C22H28N2O3. The van der Waals surface area contributed by atoms with Crippen molar-refractivity contribution >= 4 is 11.8 Å². The quantitative estimate of drug-likeness (QED) is 0.813. The van der Waals surface area contributed by atoms with Crippen LogP contribution in [0.3, 0.4) is 0 Å². The average Bonchev–Trinajstić information content (AvgIpc) is 2.64. The Kier molecular flexibility index (Phi) is 6.99. The van der Waals surface area contributed by atoms with Crippen LogP contribution in [0.2, 0.25) is 0 Å². The Morgan fingerprint density at radius 1 is 1.07 bits per heavy atom. The van der Waals surface area contributed by atoms with Crippen LogP contribution < -0.4 is 10.1 Å². The largest absolute Gasteiger partial charge is 0.483 e. The Bertz CT molecular complexity index is 796. The lowest BCUT2D eigenvalue weighted by atomic mass is 10.0. The van der Waals surface area contributed by atoms with Gasteiger partial charge in [0.25, 0.3) is 11.8 Å². The van der Waals surface area contributed by atoms with Crippen LogP contribution in [-0.4, -0.2) is 37.4 Å². The second-order valence-corrected chi connectivity index (χ2v) is 7.16. The highest BCUT2D eigenvalue weighted by molar-refractivity contribution is 5.93. The number of ether oxygens (including phenoxy) is 1. The summed E-state index contributed by atoms with van der Waals surface area (Å²) in [5.41, 5.74) is 3.74. The highest BCUT2D eigenvalue weighted by Gasteiger charge is 2.11. The van der Waals surface area contributed by atoms with Gasteiger partial charge in [-0.05, 0) is 47.7 Å². The van der Waals surface area contributed by atoms with Crippen molar-refractivity contribution in [2.24, 2.45) is 0 Å². The minimum atomic E-state index is -0.181. The van der Waals surface area contributed by atoms with Gasteiger partial charge >= 0.3 is 0 Å². The molecule has 1 N–H and O–H groups in total. The standard InChI is InChI=1S/C22H28N2O3/c1-15(2)19-11-6-16(3)12-20(19)27-14-21(25)23-13-17-7-9-18(10-8-17)22(26)24(4)5/h6-12,15H,13-14H2,1-5H3,(H,23,25). The third-order valence-corrected chi connectivity index (χ3v) is 4.25. The van der Waals surface area contributed by atoms with Gasteiger partial charge in [-0.3, -0.25) is 9.59 Å². The van der Waals surface area contributed by atoms with Crippen LogP contribution in [0, 0.1) is 6.92 Å². The van der Waals surface area contributed by atoms with E-state index in [1.165, 1.54) is 4.90 Å². The molecule has 144 valence electrons. The molecule has 2 aromatic carbocycles. The SMILES string of the molecule is Cc1ccc(C(C)C)c(OCC(=O)NCc2ccc(C(=O)N(C)C)cc2)c1. The molecule has 5 nitrogen and oxygen atoms in total. The van der Waals surface area contributed by atoms with Crippen molar-refractivity contribution in [3.05, 3.63) is 64.7 Å². The molecule has 0 aliphatic heterocycles.